The first kappa shape index (κ1) is 12.9. The average molecular weight is 300 g/mol. The van der Waals surface area contributed by atoms with E-state index >= 15 is 0 Å². The van der Waals surface area contributed by atoms with Crippen LogP contribution in [0.2, 0.25) is 0 Å². The number of carbonyl (C=O) groups excluding carboxylic acids is 1. The van der Waals surface area contributed by atoms with Gasteiger partial charge in [-0.05, 0) is 18.6 Å². The Morgan fingerprint density at radius 3 is 3.05 bits per heavy atom. The Bertz CT molecular complexity index is 630. The minimum Gasteiger partial charge on any atom is -0.306 e. The summed E-state index contributed by atoms with van der Waals surface area (Å²) in [6, 6.07) is 4.44. The molecule has 0 N–H and O–H groups in total. The number of aromatic nitrogens is 2. The molecule has 0 bridgehead atoms. The highest BCUT2D eigenvalue weighted by molar-refractivity contribution is 7.09. The zero-order valence-corrected chi connectivity index (χ0v) is 12.4. The number of anilines is 1. The molecule has 5 nitrogen and oxygen atoms in total. The lowest BCUT2D eigenvalue weighted by atomic mass is 10.1. The molecule has 2 aromatic rings. The van der Waals surface area contributed by atoms with Gasteiger partial charge in [-0.25, -0.2) is 4.98 Å². The number of fused-ring (bicyclic) bond motifs is 1. The van der Waals surface area contributed by atoms with Gasteiger partial charge in [0.25, 0.3) is 0 Å². The molecule has 0 aromatic carbocycles. The first-order valence-corrected chi connectivity index (χ1v) is 8.05. The molecule has 0 spiro atoms. The summed E-state index contributed by atoms with van der Waals surface area (Å²) < 4.78 is 0. The van der Waals surface area contributed by atoms with Gasteiger partial charge in [-0.1, -0.05) is 0 Å². The van der Waals surface area contributed by atoms with E-state index in [0.29, 0.717) is 12.5 Å². The number of thiazole rings is 1. The van der Waals surface area contributed by atoms with Crippen LogP contribution in [0.25, 0.3) is 0 Å². The second-order valence-corrected chi connectivity index (χ2v) is 6.48. The predicted molar refractivity (Wildman–Crippen MR) is 81.1 cm³/mol. The van der Waals surface area contributed by atoms with E-state index in [1.807, 2.05) is 28.6 Å². The molecular weight excluding hydrogens is 284 g/mol. The van der Waals surface area contributed by atoms with Gasteiger partial charge in [0.1, 0.15) is 5.01 Å². The molecule has 0 radical (unpaired) electrons. The van der Waals surface area contributed by atoms with Crippen LogP contribution in [-0.2, 0) is 11.3 Å². The normalized spacial score (nSPS) is 25.5. The van der Waals surface area contributed by atoms with Gasteiger partial charge in [0.15, 0.2) is 0 Å². The molecule has 2 aliphatic rings. The van der Waals surface area contributed by atoms with Crippen LogP contribution in [0.15, 0.2) is 36.1 Å². The van der Waals surface area contributed by atoms with Gasteiger partial charge >= 0.3 is 0 Å². The number of amides is 1. The van der Waals surface area contributed by atoms with E-state index in [-0.39, 0.29) is 11.9 Å². The summed E-state index contributed by atoms with van der Waals surface area (Å²) in [5.41, 5.74) is 0.922. The molecule has 2 aliphatic heterocycles. The molecule has 21 heavy (non-hydrogen) atoms. The van der Waals surface area contributed by atoms with Gasteiger partial charge < -0.3 is 4.90 Å². The number of rotatable bonds is 3. The Morgan fingerprint density at radius 1 is 1.33 bits per heavy atom. The van der Waals surface area contributed by atoms with Crippen LogP contribution < -0.4 is 4.90 Å². The summed E-state index contributed by atoms with van der Waals surface area (Å²) in [5, 5.41) is 3.13. The number of hydrogen-bond acceptors (Lipinski definition) is 5. The summed E-state index contributed by atoms with van der Waals surface area (Å²) in [6.07, 6.45) is 6.99. The van der Waals surface area contributed by atoms with Crippen LogP contribution in [0, 0.1) is 0 Å². The zero-order chi connectivity index (χ0) is 14.2. The number of carbonyl (C=O) groups is 1. The first-order chi connectivity index (χ1) is 10.3. The number of nitrogens with zero attached hydrogens (tertiary/aromatic N) is 4. The summed E-state index contributed by atoms with van der Waals surface area (Å²) in [7, 11) is 0. The number of hydrogen-bond donors (Lipinski definition) is 0. The first-order valence-electron chi connectivity index (χ1n) is 7.17. The molecule has 6 heteroatoms. The summed E-state index contributed by atoms with van der Waals surface area (Å²) in [6.45, 7) is 1.88. The van der Waals surface area contributed by atoms with E-state index in [4.69, 9.17) is 0 Å². The van der Waals surface area contributed by atoms with Crippen LogP contribution in [0.3, 0.4) is 0 Å². The van der Waals surface area contributed by atoms with Crippen molar-refractivity contribution < 1.29 is 4.79 Å². The predicted octanol–water partition coefficient (Wildman–Crippen LogP) is 1.92. The average Bonchev–Trinajstić information content (AvgIpc) is 3.19. The van der Waals surface area contributed by atoms with Crippen LogP contribution >= 0.6 is 11.3 Å². The van der Waals surface area contributed by atoms with E-state index in [1.165, 1.54) is 0 Å². The third kappa shape index (κ3) is 2.24. The van der Waals surface area contributed by atoms with Crippen molar-refractivity contribution in [1.29, 1.82) is 0 Å². The fourth-order valence-corrected chi connectivity index (χ4v) is 4.10. The lowest BCUT2D eigenvalue weighted by Gasteiger charge is -2.24. The topological polar surface area (TPSA) is 49.3 Å². The lowest BCUT2D eigenvalue weighted by Crippen LogP contribution is -2.37. The Labute approximate surface area is 127 Å². The van der Waals surface area contributed by atoms with Crippen LogP contribution in [0.5, 0.6) is 0 Å². The maximum absolute atomic E-state index is 12.4. The van der Waals surface area contributed by atoms with Crippen molar-refractivity contribution in [1.82, 2.24) is 14.9 Å². The fraction of sp³-hybridized carbons (Fsp3) is 0.400. The molecule has 0 saturated carbocycles. The maximum atomic E-state index is 12.4. The monoisotopic (exact) mass is 300 g/mol. The van der Waals surface area contributed by atoms with Crippen molar-refractivity contribution in [3.63, 3.8) is 0 Å². The van der Waals surface area contributed by atoms with Crippen molar-refractivity contribution >= 4 is 22.9 Å². The highest BCUT2D eigenvalue weighted by Gasteiger charge is 2.47. The Hall–Kier alpha value is -1.79. The molecule has 4 rings (SSSR count). The summed E-state index contributed by atoms with van der Waals surface area (Å²) >= 11 is 1.68. The van der Waals surface area contributed by atoms with Crippen molar-refractivity contribution in [3.05, 3.63) is 41.1 Å². The van der Waals surface area contributed by atoms with E-state index in [0.717, 1.165) is 30.2 Å². The zero-order valence-electron chi connectivity index (χ0n) is 11.6. The summed E-state index contributed by atoms with van der Waals surface area (Å²) in [4.78, 5) is 25.2. The quantitative estimate of drug-likeness (QED) is 0.869. The molecule has 2 aromatic heterocycles. The number of likely N-dealkylation sites (tertiary alicyclic amines) is 1. The van der Waals surface area contributed by atoms with Gasteiger partial charge in [-0.2, -0.15) is 0 Å². The Kier molecular flexibility index (Phi) is 3.20. The molecule has 2 saturated heterocycles. The van der Waals surface area contributed by atoms with Gasteiger partial charge in [-0.3, -0.25) is 14.7 Å². The molecule has 0 aliphatic carbocycles. The second-order valence-electron chi connectivity index (χ2n) is 5.50. The third-order valence-corrected chi connectivity index (χ3v) is 5.12. The standard InChI is InChI=1S/C15H16N4OS/c20-15-8-13-12(19(15)11-2-1-4-16-9-11)3-6-18(13)10-14-17-5-7-21-14/h1-2,4-5,7,9,12-13H,3,6,8,10H2/t12-,13+/m1/s1. The Morgan fingerprint density at radius 2 is 2.29 bits per heavy atom. The van der Waals surface area contributed by atoms with Crippen LogP contribution in [-0.4, -0.2) is 39.4 Å². The van der Waals surface area contributed by atoms with E-state index in [9.17, 15) is 4.79 Å². The molecule has 108 valence electrons. The molecular formula is C15H16N4OS. The van der Waals surface area contributed by atoms with Gasteiger partial charge in [0.2, 0.25) is 5.91 Å². The SMILES string of the molecule is O=C1C[C@H]2[C@@H](CCN2Cc2nccs2)N1c1cccnc1. The van der Waals surface area contributed by atoms with E-state index < -0.39 is 0 Å². The largest absolute Gasteiger partial charge is 0.306 e. The van der Waals surface area contributed by atoms with Crippen molar-refractivity contribution in [2.24, 2.45) is 0 Å². The highest BCUT2D eigenvalue weighted by Crippen LogP contribution is 2.36. The molecule has 1 amide bonds. The molecule has 2 fully saturated rings. The van der Waals surface area contributed by atoms with E-state index in [1.54, 1.807) is 23.7 Å². The van der Waals surface area contributed by atoms with E-state index in [2.05, 4.69) is 14.9 Å². The molecule has 0 unspecified atom stereocenters. The highest BCUT2D eigenvalue weighted by atomic mass is 32.1. The number of pyridine rings is 1. The third-order valence-electron chi connectivity index (χ3n) is 4.36. The van der Waals surface area contributed by atoms with Gasteiger partial charge in [-0.15, -0.1) is 11.3 Å². The lowest BCUT2D eigenvalue weighted by molar-refractivity contribution is -0.117. The van der Waals surface area contributed by atoms with Crippen molar-refractivity contribution in [3.8, 4) is 0 Å². The second kappa shape index (κ2) is 5.20. The molecule has 4 heterocycles. The van der Waals surface area contributed by atoms with Gasteiger partial charge in [0, 0.05) is 36.8 Å². The maximum Gasteiger partial charge on any atom is 0.229 e. The van der Waals surface area contributed by atoms with Gasteiger partial charge in [0.05, 0.1) is 24.5 Å². The van der Waals surface area contributed by atoms with Crippen LogP contribution in [0.1, 0.15) is 17.8 Å². The Balaban J connectivity index is 1.55. The minimum atomic E-state index is 0.210. The fourth-order valence-electron chi connectivity index (χ4n) is 3.46. The van der Waals surface area contributed by atoms with Crippen LogP contribution in [0.4, 0.5) is 5.69 Å². The van der Waals surface area contributed by atoms with Crippen molar-refractivity contribution in [2.45, 2.75) is 31.5 Å². The smallest absolute Gasteiger partial charge is 0.229 e. The minimum absolute atomic E-state index is 0.210. The summed E-state index contributed by atoms with van der Waals surface area (Å²) in [5.74, 6) is 0.210. The van der Waals surface area contributed by atoms with Crippen molar-refractivity contribution in [2.75, 3.05) is 11.4 Å². The molecule has 2 atom stereocenters.